The van der Waals surface area contributed by atoms with Gasteiger partial charge in [-0.3, -0.25) is 4.79 Å². The van der Waals surface area contributed by atoms with Crippen molar-refractivity contribution in [3.05, 3.63) is 29.8 Å². The highest BCUT2D eigenvalue weighted by Crippen LogP contribution is 2.27. The first-order chi connectivity index (χ1) is 10.5. The van der Waals surface area contributed by atoms with Crippen LogP contribution in [0.4, 0.5) is 4.39 Å². The minimum absolute atomic E-state index is 0.0880. The van der Waals surface area contributed by atoms with Crippen molar-refractivity contribution in [3.63, 3.8) is 0 Å². The largest absolute Gasteiger partial charge is 0.354 e. The number of rotatable bonds is 4. The maximum atomic E-state index is 13.7. The molecule has 0 aliphatic heterocycles. The Morgan fingerprint density at radius 3 is 2.86 bits per heavy atom. The van der Waals surface area contributed by atoms with Gasteiger partial charge in [0.15, 0.2) is 5.82 Å². The molecule has 1 aliphatic rings. The topological polar surface area (TPSA) is 72.9 Å². The van der Waals surface area contributed by atoms with E-state index in [1.165, 1.54) is 6.07 Å². The van der Waals surface area contributed by atoms with Gasteiger partial charge in [0.25, 0.3) is 0 Å². The predicted molar refractivity (Wildman–Crippen MR) is 82.8 cm³/mol. The maximum Gasteiger partial charge on any atom is 0.240 e. The number of benzene rings is 1. The number of nitrogens with two attached hydrogens (primary N) is 1. The van der Waals surface area contributed by atoms with E-state index in [-0.39, 0.29) is 11.7 Å². The van der Waals surface area contributed by atoms with Crippen molar-refractivity contribution < 1.29 is 9.18 Å². The van der Waals surface area contributed by atoms with Gasteiger partial charge in [0.05, 0.1) is 11.1 Å². The van der Waals surface area contributed by atoms with Crippen LogP contribution in [-0.4, -0.2) is 27.5 Å². The van der Waals surface area contributed by atoms with Crippen molar-refractivity contribution in [2.45, 2.75) is 37.6 Å². The number of halogens is 1. The van der Waals surface area contributed by atoms with Crippen LogP contribution in [0.1, 0.15) is 31.5 Å². The van der Waals surface area contributed by atoms with Gasteiger partial charge < -0.3 is 15.6 Å². The lowest BCUT2D eigenvalue weighted by Crippen LogP contribution is -2.52. The lowest BCUT2D eigenvalue weighted by molar-refractivity contribution is -0.126. The normalized spacial score (nSPS) is 17.0. The molecule has 6 heteroatoms. The summed E-state index contributed by atoms with van der Waals surface area (Å²) in [4.78, 5) is 16.5. The minimum atomic E-state index is -0.710. The van der Waals surface area contributed by atoms with Gasteiger partial charge in [0.1, 0.15) is 11.3 Å². The second-order valence-corrected chi connectivity index (χ2v) is 6.06. The van der Waals surface area contributed by atoms with Crippen LogP contribution in [0.2, 0.25) is 0 Å². The standard InChI is InChI=1S/C16H21FN4O/c1-21-12-6-4-5-11(17)14(12)20-13(21)7-10-19-15(22)16(18)8-2-3-9-16/h4-6H,2-3,7-10,18H2,1H3,(H,19,22). The second kappa shape index (κ2) is 5.68. The van der Waals surface area contributed by atoms with E-state index in [2.05, 4.69) is 10.3 Å². The molecule has 1 aliphatic carbocycles. The molecule has 1 aromatic carbocycles. The third-order valence-electron chi connectivity index (χ3n) is 4.54. The molecule has 0 radical (unpaired) electrons. The molecule has 5 nitrogen and oxygen atoms in total. The molecule has 0 spiro atoms. The third-order valence-corrected chi connectivity index (χ3v) is 4.54. The number of hydrogen-bond donors (Lipinski definition) is 2. The fraction of sp³-hybridized carbons (Fsp3) is 0.500. The third kappa shape index (κ3) is 2.59. The molecule has 0 unspecified atom stereocenters. The van der Waals surface area contributed by atoms with Crippen LogP contribution < -0.4 is 11.1 Å². The Morgan fingerprint density at radius 1 is 1.45 bits per heavy atom. The molecular formula is C16H21FN4O. The van der Waals surface area contributed by atoms with Crippen molar-refractivity contribution in [3.8, 4) is 0 Å². The van der Waals surface area contributed by atoms with E-state index < -0.39 is 5.54 Å². The van der Waals surface area contributed by atoms with Crippen LogP contribution in [0.5, 0.6) is 0 Å². The Bertz CT molecular complexity index is 703. The summed E-state index contributed by atoms with van der Waals surface area (Å²) in [6.07, 6.45) is 4.06. The summed E-state index contributed by atoms with van der Waals surface area (Å²) in [5.41, 5.74) is 6.53. The van der Waals surface area contributed by atoms with Gasteiger partial charge in [0.2, 0.25) is 5.91 Å². The molecule has 1 fully saturated rings. The van der Waals surface area contributed by atoms with E-state index in [1.54, 1.807) is 6.07 Å². The highest BCUT2D eigenvalue weighted by molar-refractivity contribution is 5.86. The predicted octanol–water partition coefficient (Wildman–Crippen LogP) is 1.64. The molecule has 3 N–H and O–H groups in total. The monoisotopic (exact) mass is 304 g/mol. The van der Waals surface area contributed by atoms with Crippen LogP contribution in [0.25, 0.3) is 11.0 Å². The number of aryl methyl sites for hydroxylation is 1. The summed E-state index contributed by atoms with van der Waals surface area (Å²) in [6.45, 7) is 0.455. The van der Waals surface area contributed by atoms with Crippen LogP contribution in [0.15, 0.2) is 18.2 Å². The molecule has 0 saturated heterocycles. The summed E-state index contributed by atoms with van der Waals surface area (Å²) in [5.74, 6) is 0.336. The number of nitrogens with one attached hydrogen (secondary N) is 1. The van der Waals surface area contributed by atoms with E-state index >= 15 is 0 Å². The van der Waals surface area contributed by atoms with Crippen molar-refractivity contribution in [1.29, 1.82) is 0 Å². The fourth-order valence-electron chi connectivity index (χ4n) is 3.15. The number of carbonyl (C=O) groups excluding carboxylic acids is 1. The van der Waals surface area contributed by atoms with Gasteiger partial charge in [-0.25, -0.2) is 9.37 Å². The summed E-state index contributed by atoms with van der Waals surface area (Å²) >= 11 is 0. The number of aromatic nitrogens is 2. The van der Waals surface area contributed by atoms with Gasteiger partial charge in [-0.1, -0.05) is 18.9 Å². The molecule has 0 atom stereocenters. The second-order valence-electron chi connectivity index (χ2n) is 6.06. The van der Waals surface area contributed by atoms with E-state index in [1.807, 2.05) is 17.7 Å². The Balaban J connectivity index is 1.66. The van der Waals surface area contributed by atoms with E-state index in [0.29, 0.717) is 18.5 Å². The Morgan fingerprint density at radius 2 is 2.18 bits per heavy atom. The SMILES string of the molecule is Cn1c(CCNC(=O)C2(N)CCCC2)nc2c(F)cccc21. The van der Waals surface area contributed by atoms with Gasteiger partial charge in [0, 0.05) is 20.0 Å². The summed E-state index contributed by atoms with van der Waals surface area (Å²) in [6, 6.07) is 4.91. The van der Waals surface area contributed by atoms with Crippen LogP contribution in [-0.2, 0) is 18.3 Å². The number of carbonyl (C=O) groups is 1. The summed E-state index contributed by atoms with van der Waals surface area (Å²) < 4.78 is 15.6. The van der Waals surface area contributed by atoms with Gasteiger partial charge in [-0.05, 0) is 25.0 Å². The summed E-state index contributed by atoms with van der Waals surface area (Å²) in [7, 11) is 1.85. The zero-order chi connectivity index (χ0) is 15.7. The van der Waals surface area contributed by atoms with Crippen molar-refractivity contribution in [1.82, 2.24) is 14.9 Å². The highest BCUT2D eigenvalue weighted by Gasteiger charge is 2.36. The molecule has 0 bridgehead atoms. The zero-order valence-electron chi connectivity index (χ0n) is 12.7. The van der Waals surface area contributed by atoms with Crippen molar-refractivity contribution in [2.75, 3.05) is 6.54 Å². The first-order valence-electron chi connectivity index (χ1n) is 7.68. The Hall–Kier alpha value is -1.95. The van der Waals surface area contributed by atoms with Gasteiger partial charge in [-0.15, -0.1) is 0 Å². The molecular weight excluding hydrogens is 283 g/mol. The smallest absolute Gasteiger partial charge is 0.240 e. The zero-order valence-corrected chi connectivity index (χ0v) is 12.7. The number of para-hydroxylation sites is 1. The molecule has 2 aromatic rings. The lowest BCUT2D eigenvalue weighted by atomic mass is 9.98. The first-order valence-corrected chi connectivity index (χ1v) is 7.68. The van der Waals surface area contributed by atoms with Crippen LogP contribution in [0.3, 0.4) is 0 Å². The van der Waals surface area contributed by atoms with E-state index in [0.717, 1.165) is 37.0 Å². The molecule has 1 heterocycles. The minimum Gasteiger partial charge on any atom is -0.354 e. The van der Waals surface area contributed by atoms with Crippen LogP contribution >= 0.6 is 0 Å². The molecule has 1 saturated carbocycles. The molecule has 118 valence electrons. The van der Waals surface area contributed by atoms with E-state index in [4.69, 9.17) is 5.73 Å². The van der Waals surface area contributed by atoms with Gasteiger partial charge in [-0.2, -0.15) is 0 Å². The number of nitrogens with zero attached hydrogens (tertiary/aromatic N) is 2. The van der Waals surface area contributed by atoms with Gasteiger partial charge >= 0.3 is 0 Å². The Labute approximate surface area is 128 Å². The first kappa shape index (κ1) is 15.0. The molecule has 1 aromatic heterocycles. The number of amides is 1. The highest BCUT2D eigenvalue weighted by atomic mass is 19.1. The maximum absolute atomic E-state index is 13.7. The van der Waals surface area contributed by atoms with Crippen LogP contribution in [0, 0.1) is 5.82 Å². The summed E-state index contributed by atoms with van der Waals surface area (Å²) in [5, 5.41) is 2.89. The average molecular weight is 304 g/mol. The van der Waals surface area contributed by atoms with E-state index in [9.17, 15) is 9.18 Å². The quantitative estimate of drug-likeness (QED) is 0.902. The molecule has 1 amide bonds. The number of fused-ring (bicyclic) bond motifs is 1. The fourth-order valence-corrected chi connectivity index (χ4v) is 3.15. The molecule has 3 rings (SSSR count). The average Bonchev–Trinajstić information content (AvgIpc) is 3.07. The number of imidazole rings is 1. The van der Waals surface area contributed by atoms with Crippen molar-refractivity contribution >= 4 is 16.9 Å². The Kier molecular flexibility index (Phi) is 3.87. The molecule has 22 heavy (non-hydrogen) atoms. The number of hydrogen-bond acceptors (Lipinski definition) is 3. The lowest BCUT2D eigenvalue weighted by Gasteiger charge is -2.22. The van der Waals surface area contributed by atoms with Crippen molar-refractivity contribution in [2.24, 2.45) is 12.8 Å².